The summed E-state index contributed by atoms with van der Waals surface area (Å²) in [6.45, 7) is 12.9. The van der Waals surface area contributed by atoms with Gasteiger partial charge in [-0.25, -0.2) is 9.59 Å². The molecule has 0 aromatic heterocycles. The van der Waals surface area contributed by atoms with Crippen molar-refractivity contribution in [1.82, 2.24) is 0 Å². The van der Waals surface area contributed by atoms with E-state index in [1.54, 1.807) is 55.4 Å². The van der Waals surface area contributed by atoms with Crippen LogP contribution in [0, 0.1) is 11.8 Å². The molecule has 3 N–H and O–H groups in total. The Bertz CT molecular complexity index is 472. The van der Waals surface area contributed by atoms with Crippen molar-refractivity contribution in [2.75, 3.05) is 0 Å². The number of nitrogens with two attached hydrogens (primary N) is 1. The van der Waals surface area contributed by atoms with E-state index in [0.717, 1.165) is 0 Å². The SMILES string of the molecule is CC(C)C(C(=O)OC(C)(C)C)[C@](N)(C(=O)O)C(=O)OC(C)(C)C. The summed E-state index contributed by atoms with van der Waals surface area (Å²) in [5, 5.41) is 9.53. The van der Waals surface area contributed by atoms with Crippen molar-refractivity contribution in [1.29, 1.82) is 0 Å². The van der Waals surface area contributed by atoms with Crippen molar-refractivity contribution >= 4 is 17.9 Å². The maximum absolute atomic E-state index is 12.4. The van der Waals surface area contributed by atoms with Crippen LogP contribution in [0.3, 0.4) is 0 Å². The predicted octanol–water partition coefficient (Wildman–Crippen LogP) is 1.72. The number of carboxylic acids is 1. The quantitative estimate of drug-likeness (QED) is 0.582. The summed E-state index contributed by atoms with van der Waals surface area (Å²) in [6.07, 6.45) is 0. The second-order valence-corrected chi connectivity index (χ2v) is 7.93. The van der Waals surface area contributed by atoms with E-state index in [0.29, 0.717) is 0 Å². The average Bonchev–Trinajstić information content (AvgIpc) is 2.22. The number of aliphatic carboxylic acids is 1. The number of carbonyl (C=O) groups is 3. The number of esters is 2. The highest BCUT2D eigenvalue weighted by Crippen LogP contribution is 2.29. The molecule has 0 aromatic carbocycles. The number of ether oxygens (including phenoxy) is 2. The molecule has 0 amide bonds. The van der Waals surface area contributed by atoms with Crippen molar-refractivity contribution in [3.63, 3.8) is 0 Å². The highest BCUT2D eigenvalue weighted by molar-refractivity contribution is 6.08. The minimum Gasteiger partial charge on any atom is -0.479 e. The lowest BCUT2D eigenvalue weighted by Gasteiger charge is -2.36. The molecule has 0 heterocycles. The van der Waals surface area contributed by atoms with E-state index in [-0.39, 0.29) is 0 Å². The Kier molecular flexibility index (Phi) is 6.38. The van der Waals surface area contributed by atoms with Crippen LogP contribution in [-0.2, 0) is 23.9 Å². The molecule has 0 saturated heterocycles. The molecule has 134 valence electrons. The van der Waals surface area contributed by atoms with E-state index in [4.69, 9.17) is 15.2 Å². The Labute approximate surface area is 137 Å². The van der Waals surface area contributed by atoms with Gasteiger partial charge < -0.3 is 20.3 Å². The zero-order valence-electron chi connectivity index (χ0n) is 15.2. The van der Waals surface area contributed by atoms with Gasteiger partial charge in [-0.1, -0.05) is 13.8 Å². The minimum absolute atomic E-state index is 0.543. The highest BCUT2D eigenvalue weighted by atomic mass is 16.6. The van der Waals surface area contributed by atoms with Crippen LogP contribution >= 0.6 is 0 Å². The lowest BCUT2D eigenvalue weighted by Crippen LogP contribution is -2.65. The molecular weight excluding hydrogens is 302 g/mol. The first-order valence-corrected chi connectivity index (χ1v) is 7.51. The molecule has 0 bridgehead atoms. The number of carbonyl (C=O) groups excluding carboxylic acids is 2. The van der Waals surface area contributed by atoms with Crippen molar-refractivity contribution < 1.29 is 29.0 Å². The van der Waals surface area contributed by atoms with Crippen LogP contribution in [0.4, 0.5) is 0 Å². The van der Waals surface area contributed by atoms with Gasteiger partial charge >= 0.3 is 17.9 Å². The van der Waals surface area contributed by atoms with Crippen LogP contribution in [0.5, 0.6) is 0 Å². The Morgan fingerprint density at radius 3 is 1.57 bits per heavy atom. The summed E-state index contributed by atoms with van der Waals surface area (Å²) in [5.41, 5.74) is 1.58. The molecule has 0 aliphatic carbocycles. The summed E-state index contributed by atoms with van der Waals surface area (Å²) in [5.74, 6) is -5.56. The van der Waals surface area contributed by atoms with Gasteiger partial charge in [-0.05, 0) is 47.5 Å². The summed E-state index contributed by atoms with van der Waals surface area (Å²) in [4.78, 5) is 36.6. The monoisotopic (exact) mass is 331 g/mol. The second-order valence-electron chi connectivity index (χ2n) is 7.93. The van der Waals surface area contributed by atoms with Crippen LogP contribution in [0.1, 0.15) is 55.4 Å². The van der Waals surface area contributed by atoms with Gasteiger partial charge in [0.15, 0.2) is 0 Å². The van der Waals surface area contributed by atoms with Gasteiger partial charge in [-0.2, -0.15) is 0 Å². The van der Waals surface area contributed by atoms with E-state index < -0.39 is 46.5 Å². The molecule has 0 spiro atoms. The van der Waals surface area contributed by atoms with Gasteiger partial charge in [0.1, 0.15) is 11.2 Å². The van der Waals surface area contributed by atoms with E-state index in [2.05, 4.69) is 0 Å². The van der Waals surface area contributed by atoms with E-state index in [1.807, 2.05) is 0 Å². The Morgan fingerprint density at radius 2 is 1.30 bits per heavy atom. The minimum atomic E-state index is -2.52. The molecule has 0 aliphatic rings. The van der Waals surface area contributed by atoms with Crippen LogP contribution in [0.15, 0.2) is 0 Å². The number of carboxylic acid groups (broad SMARTS) is 1. The molecular formula is C16H29NO6. The average molecular weight is 331 g/mol. The zero-order chi connectivity index (χ0) is 18.8. The van der Waals surface area contributed by atoms with Gasteiger partial charge in [0, 0.05) is 0 Å². The van der Waals surface area contributed by atoms with Gasteiger partial charge in [0.05, 0.1) is 5.92 Å². The zero-order valence-corrected chi connectivity index (χ0v) is 15.2. The van der Waals surface area contributed by atoms with Gasteiger partial charge in [0.25, 0.3) is 0 Å². The van der Waals surface area contributed by atoms with E-state index >= 15 is 0 Å². The molecule has 0 rings (SSSR count). The third kappa shape index (κ3) is 5.82. The number of rotatable bonds is 5. The molecule has 0 aromatic rings. The topological polar surface area (TPSA) is 116 Å². The first-order valence-electron chi connectivity index (χ1n) is 7.51. The third-order valence-electron chi connectivity index (χ3n) is 2.91. The fraction of sp³-hybridized carbons (Fsp3) is 0.812. The molecule has 1 unspecified atom stereocenters. The smallest absolute Gasteiger partial charge is 0.339 e. The molecule has 0 aliphatic heterocycles. The van der Waals surface area contributed by atoms with Crippen LogP contribution in [0.2, 0.25) is 0 Å². The fourth-order valence-corrected chi connectivity index (χ4v) is 2.06. The lowest BCUT2D eigenvalue weighted by molar-refractivity contribution is -0.183. The predicted molar refractivity (Wildman–Crippen MR) is 84.6 cm³/mol. The molecule has 0 radical (unpaired) electrons. The molecule has 23 heavy (non-hydrogen) atoms. The van der Waals surface area contributed by atoms with Crippen molar-refractivity contribution in [2.24, 2.45) is 17.6 Å². The third-order valence-corrected chi connectivity index (χ3v) is 2.91. The number of hydrogen-bond donors (Lipinski definition) is 2. The molecule has 7 nitrogen and oxygen atoms in total. The van der Waals surface area contributed by atoms with Crippen molar-refractivity contribution in [3.8, 4) is 0 Å². The normalized spacial score (nSPS) is 16.4. The van der Waals surface area contributed by atoms with Gasteiger partial charge in [-0.15, -0.1) is 0 Å². The Morgan fingerprint density at radius 1 is 0.913 bits per heavy atom. The van der Waals surface area contributed by atoms with Crippen LogP contribution in [0.25, 0.3) is 0 Å². The first kappa shape index (κ1) is 21.4. The van der Waals surface area contributed by atoms with E-state index in [1.165, 1.54) is 0 Å². The summed E-state index contributed by atoms with van der Waals surface area (Å²) < 4.78 is 10.4. The maximum atomic E-state index is 12.4. The summed E-state index contributed by atoms with van der Waals surface area (Å²) in [7, 11) is 0. The maximum Gasteiger partial charge on any atom is 0.339 e. The molecule has 0 fully saturated rings. The van der Waals surface area contributed by atoms with Gasteiger partial charge in [-0.3, -0.25) is 4.79 Å². The summed E-state index contributed by atoms with van der Waals surface area (Å²) in [6, 6.07) is 0. The summed E-state index contributed by atoms with van der Waals surface area (Å²) >= 11 is 0. The Balaban J connectivity index is 5.88. The fourth-order valence-electron chi connectivity index (χ4n) is 2.06. The Hall–Kier alpha value is -1.63. The van der Waals surface area contributed by atoms with Gasteiger partial charge in [0.2, 0.25) is 5.54 Å². The highest BCUT2D eigenvalue weighted by Gasteiger charge is 2.57. The van der Waals surface area contributed by atoms with E-state index in [9.17, 15) is 19.5 Å². The first-order chi connectivity index (χ1) is 10.0. The second kappa shape index (κ2) is 6.86. The largest absolute Gasteiger partial charge is 0.479 e. The van der Waals surface area contributed by atoms with Crippen LogP contribution < -0.4 is 5.73 Å². The lowest BCUT2D eigenvalue weighted by atomic mass is 9.77. The molecule has 7 heteroatoms. The number of hydrogen-bond acceptors (Lipinski definition) is 6. The molecule has 2 atom stereocenters. The molecule has 0 saturated carbocycles. The van der Waals surface area contributed by atoms with Crippen LogP contribution in [-0.4, -0.2) is 39.8 Å². The standard InChI is InChI=1S/C16H29NO6/c1-9(2)10(11(18)22-14(3,4)5)16(17,12(19)20)13(21)23-15(6,7)8/h9-10H,17H2,1-8H3,(H,19,20)/t10?,16-/m0/s1. The van der Waals surface area contributed by atoms with Crippen molar-refractivity contribution in [3.05, 3.63) is 0 Å². The van der Waals surface area contributed by atoms with Crippen molar-refractivity contribution in [2.45, 2.75) is 72.1 Å².